The Labute approximate surface area is 204 Å². The lowest BCUT2D eigenvalue weighted by atomic mass is 9.87. The van der Waals surface area contributed by atoms with Gasteiger partial charge in [0.2, 0.25) is 0 Å². The first-order valence-electron chi connectivity index (χ1n) is 12.4. The maximum Gasteiger partial charge on any atom is 0.251 e. The molecule has 1 atom stereocenters. The standard InChI is InChI=1S/C30H36N2O2/c1-22-19-25(23-9-5-4-6-10-23)13-16-29(22)30(33)31-17-7-8-18-32(2)27-14-11-24-12-15-28(34-3)21-26(24)20-27/h4-6,9-10,12-13,15-16,19,21,27H,7-8,11,14,17-18,20H2,1-3H3,(H,31,33)/t27-/m1/s1. The molecule has 0 aliphatic heterocycles. The predicted octanol–water partition coefficient (Wildman–Crippen LogP) is 5.67. The first-order valence-corrected chi connectivity index (χ1v) is 12.4. The number of ether oxygens (including phenoxy) is 1. The highest BCUT2D eigenvalue weighted by Crippen LogP contribution is 2.27. The molecule has 0 saturated carbocycles. The fourth-order valence-electron chi connectivity index (χ4n) is 4.91. The van der Waals surface area contributed by atoms with E-state index in [9.17, 15) is 4.79 Å². The van der Waals surface area contributed by atoms with Crippen LogP contribution < -0.4 is 10.1 Å². The van der Waals surface area contributed by atoms with E-state index in [4.69, 9.17) is 4.74 Å². The number of likely N-dealkylation sites (N-methyl/N-ethyl adjacent to an activating group) is 1. The number of aryl methyl sites for hydroxylation is 2. The summed E-state index contributed by atoms with van der Waals surface area (Å²) in [5.74, 6) is 0.964. The molecule has 0 heterocycles. The third-order valence-corrected chi connectivity index (χ3v) is 7.04. The molecule has 3 aromatic carbocycles. The molecule has 0 aromatic heterocycles. The lowest BCUT2D eigenvalue weighted by molar-refractivity contribution is 0.0951. The van der Waals surface area contributed by atoms with Crippen LogP contribution in [-0.4, -0.2) is 44.1 Å². The van der Waals surface area contributed by atoms with Gasteiger partial charge in [0.15, 0.2) is 0 Å². The summed E-state index contributed by atoms with van der Waals surface area (Å²) in [6.45, 7) is 3.76. The number of carbonyl (C=O) groups excluding carboxylic acids is 1. The van der Waals surface area contributed by atoms with Crippen LogP contribution in [0, 0.1) is 6.92 Å². The van der Waals surface area contributed by atoms with Crippen LogP contribution in [0.5, 0.6) is 5.75 Å². The predicted molar refractivity (Wildman–Crippen MR) is 140 cm³/mol. The molecule has 0 bridgehead atoms. The topological polar surface area (TPSA) is 41.6 Å². The Balaban J connectivity index is 1.21. The van der Waals surface area contributed by atoms with Gasteiger partial charge in [0, 0.05) is 18.2 Å². The maximum absolute atomic E-state index is 12.7. The Hall–Kier alpha value is -3.11. The monoisotopic (exact) mass is 456 g/mol. The van der Waals surface area contributed by atoms with Gasteiger partial charge >= 0.3 is 0 Å². The lowest BCUT2D eigenvalue weighted by Crippen LogP contribution is -2.37. The minimum absolute atomic E-state index is 0.0169. The second-order valence-electron chi connectivity index (χ2n) is 9.37. The molecule has 1 aliphatic rings. The minimum atomic E-state index is 0.0169. The third-order valence-electron chi connectivity index (χ3n) is 7.04. The summed E-state index contributed by atoms with van der Waals surface area (Å²) in [4.78, 5) is 15.2. The third kappa shape index (κ3) is 5.87. The Morgan fingerprint density at radius 3 is 2.59 bits per heavy atom. The van der Waals surface area contributed by atoms with Crippen molar-refractivity contribution >= 4 is 5.91 Å². The number of fused-ring (bicyclic) bond motifs is 1. The smallest absolute Gasteiger partial charge is 0.251 e. The average Bonchev–Trinajstić information content (AvgIpc) is 2.88. The van der Waals surface area contributed by atoms with Crippen molar-refractivity contribution in [2.75, 3.05) is 27.2 Å². The molecule has 4 nitrogen and oxygen atoms in total. The summed E-state index contributed by atoms with van der Waals surface area (Å²) in [5, 5.41) is 3.11. The van der Waals surface area contributed by atoms with E-state index in [2.05, 4.69) is 53.7 Å². The van der Waals surface area contributed by atoms with Crippen molar-refractivity contribution in [3.05, 3.63) is 89.0 Å². The van der Waals surface area contributed by atoms with Crippen LogP contribution in [-0.2, 0) is 12.8 Å². The lowest BCUT2D eigenvalue weighted by Gasteiger charge is -2.32. The summed E-state index contributed by atoms with van der Waals surface area (Å²) in [6, 6.07) is 23.4. The van der Waals surface area contributed by atoms with Gasteiger partial charge in [-0.05, 0) is 98.6 Å². The minimum Gasteiger partial charge on any atom is -0.497 e. The summed E-state index contributed by atoms with van der Waals surface area (Å²) in [7, 11) is 3.96. The number of amides is 1. The maximum atomic E-state index is 12.7. The molecule has 0 fully saturated rings. The molecule has 3 aromatic rings. The fourth-order valence-corrected chi connectivity index (χ4v) is 4.91. The van der Waals surface area contributed by atoms with Gasteiger partial charge < -0.3 is 15.0 Å². The Morgan fingerprint density at radius 1 is 1.00 bits per heavy atom. The zero-order valence-electron chi connectivity index (χ0n) is 20.6. The fraction of sp³-hybridized carbons (Fsp3) is 0.367. The van der Waals surface area contributed by atoms with E-state index in [-0.39, 0.29) is 5.91 Å². The van der Waals surface area contributed by atoms with Crippen LogP contribution in [0.1, 0.15) is 46.3 Å². The molecule has 4 heteroatoms. The zero-order chi connectivity index (χ0) is 23.9. The van der Waals surface area contributed by atoms with E-state index in [1.165, 1.54) is 23.1 Å². The van der Waals surface area contributed by atoms with E-state index in [0.29, 0.717) is 12.6 Å². The van der Waals surface area contributed by atoms with Crippen LogP contribution in [0.2, 0.25) is 0 Å². The molecule has 0 spiro atoms. The molecule has 1 aliphatic carbocycles. The Kier molecular flexibility index (Phi) is 8.02. The van der Waals surface area contributed by atoms with Gasteiger partial charge in [-0.25, -0.2) is 0 Å². The summed E-state index contributed by atoms with van der Waals surface area (Å²) >= 11 is 0. The van der Waals surface area contributed by atoms with Crippen molar-refractivity contribution in [3.63, 3.8) is 0 Å². The molecule has 34 heavy (non-hydrogen) atoms. The Bertz CT molecular complexity index is 1110. The number of carbonyl (C=O) groups is 1. The van der Waals surface area contributed by atoms with Gasteiger partial charge in [-0.1, -0.05) is 48.5 Å². The highest BCUT2D eigenvalue weighted by molar-refractivity contribution is 5.96. The quantitative estimate of drug-likeness (QED) is 0.422. The SMILES string of the molecule is COc1ccc2c(c1)C[C@H](N(C)CCCCNC(=O)c1ccc(-c3ccccc3)cc1C)CC2. The van der Waals surface area contributed by atoms with Crippen molar-refractivity contribution in [2.24, 2.45) is 0 Å². The van der Waals surface area contributed by atoms with Gasteiger partial charge in [0.25, 0.3) is 5.91 Å². The largest absolute Gasteiger partial charge is 0.497 e. The first-order chi connectivity index (χ1) is 16.5. The van der Waals surface area contributed by atoms with Crippen molar-refractivity contribution < 1.29 is 9.53 Å². The highest BCUT2D eigenvalue weighted by atomic mass is 16.5. The van der Waals surface area contributed by atoms with E-state index < -0.39 is 0 Å². The van der Waals surface area contributed by atoms with Gasteiger partial charge in [0.1, 0.15) is 5.75 Å². The number of hydrogen-bond acceptors (Lipinski definition) is 3. The summed E-state index contributed by atoms with van der Waals surface area (Å²) in [6.07, 6.45) is 5.47. The van der Waals surface area contributed by atoms with Crippen molar-refractivity contribution in [1.29, 1.82) is 0 Å². The highest BCUT2D eigenvalue weighted by Gasteiger charge is 2.22. The second-order valence-corrected chi connectivity index (χ2v) is 9.37. The molecule has 4 rings (SSSR count). The normalized spacial score (nSPS) is 15.1. The number of nitrogens with one attached hydrogen (secondary N) is 1. The van der Waals surface area contributed by atoms with Gasteiger partial charge in [-0.3, -0.25) is 4.79 Å². The van der Waals surface area contributed by atoms with Gasteiger partial charge in [0.05, 0.1) is 7.11 Å². The van der Waals surface area contributed by atoms with E-state index in [1.807, 2.05) is 37.3 Å². The molecular weight excluding hydrogens is 420 g/mol. The zero-order valence-corrected chi connectivity index (χ0v) is 20.6. The number of hydrogen-bond donors (Lipinski definition) is 1. The number of unbranched alkanes of at least 4 members (excludes halogenated alkanes) is 1. The molecule has 178 valence electrons. The molecule has 0 radical (unpaired) electrons. The second kappa shape index (κ2) is 11.3. The summed E-state index contributed by atoms with van der Waals surface area (Å²) < 4.78 is 5.40. The summed E-state index contributed by atoms with van der Waals surface area (Å²) in [5.41, 5.74) is 6.95. The van der Waals surface area contributed by atoms with Crippen LogP contribution >= 0.6 is 0 Å². The van der Waals surface area contributed by atoms with Crippen molar-refractivity contribution in [2.45, 2.75) is 45.1 Å². The van der Waals surface area contributed by atoms with Gasteiger partial charge in [-0.2, -0.15) is 0 Å². The van der Waals surface area contributed by atoms with Crippen molar-refractivity contribution in [1.82, 2.24) is 10.2 Å². The van der Waals surface area contributed by atoms with Crippen molar-refractivity contribution in [3.8, 4) is 16.9 Å². The van der Waals surface area contributed by atoms with E-state index in [0.717, 1.165) is 54.7 Å². The van der Waals surface area contributed by atoms with E-state index >= 15 is 0 Å². The molecule has 1 amide bonds. The molecule has 1 N–H and O–H groups in total. The van der Waals surface area contributed by atoms with Crippen LogP contribution in [0.3, 0.4) is 0 Å². The van der Waals surface area contributed by atoms with Crippen LogP contribution in [0.15, 0.2) is 66.7 Å². The Morgan fingerprint density at radius 2 is 1.82 bits per heavy atom. The van der Waals surface area contributed by atoms with Gasteiger partial charge in [-0.15, -0.1) is 0 Å². The van der Waals surface area contributed by atoms with Crippen LogP contribution in [0.25, 0.3) is 11.1 Å². The number of methoxy groups -OCH3 is 1. The number of nitrogens with zero attached hydrogens (tertiary/aromatic N) is 1. The van der Waals surface area contributed by atoms with Crippen LogP contribution in [0.4, 0.5) is 0 Å². The average molecular weight is 457 g/mol. The molecule has 0 saturated heterocycles. The molecule has 0 unspecified atom stereocenters. The van der Waals surface area contributed by atoms with E-state index in [1.54, 1.807) is 7.11 Å². The first kappa shape index (κ1) is 24.0. The number of rotatable bonds is 9. The number of benzene rings is 3. The molecular formula is C30H36N2O2.